The molecule has 0 atom stereocenters. The molecule has 0 bridgehead atoms. The highest BCUT2D eigenvalue weighted by Crippen LogP contribution is 2.13. The molecule has 6 heteroatoms. The van der Waals surface area contributed by atoms with Crippen LogP contribution in [0.5, 0.6) is 0 Å². The summed E-state index contributed by atoms with van der Waals surface area (Å²) >= 11 is 0. The van der Waals surface area contributed by atoms with Crippen molar-refractivity contribution in [3.8, 4) is 0 Å². The molecule has 0 aliphatic rings. The summed E-state index contributed by atoms with van der Waals surface area (Å²) in [4.78, 5) is 27.4. The molecular formula is C14H13N3O3. The number of aromatic nitrogens is 3. The number of aryl methyl sites for hydroxylation is 1. The van der Waals surface area contributed by atoms with Crippen molar-refractivity contribution in [2.24, 2.45) is 0 Å². The van der Waals surface area contributed by atoms with Gasteiger partial charge in [0.1, 0.15) is 5.52 Å². The quantitative estimate of drug-likeness (QED) is 0.780. The van der Waals surface area contributed by atoms with Crippen LogP contribution in [0.15, 0.2) is 41.5 Å². The van der Waals surface area contributed by atoms with Gasteiger partial charge < -0.3 is 9.67 Å². The first-order chi connectivity index (χ1) is 9.68. The van der Waals surface area contributed by atoms with Crippen LogP contribution in [0.25, 0.3) is 16.7 Å². The number of aliphatic carboxylic acids is 1. The van der Waals surface area contributed by atoms with Gasteiger partial charge in [0.2, 0.25) is 0 Å². The van der Waals surface area contributed by atoms with E-state index in [1.54, 1.807) is 39.6 Å². The number of carboxylic acid groups (broad SMARTS) is 1. The van der Waals surface area contributed by atoms with Gasteiger partial charge in [-0.05, 0) is 30.7 Å². The second-order valence-corrected chi connectivity index (χ2v) is 4.56. The Morgan fingerprint density at radius 1 is 1.25 bits per heavy atom. The van der Waals surface area contributed by atoms with Crippen LogP contribution in [-0.2, 0) is 11.3 Å². The van der Waals surface area contributed by atoms with E-state index >= 15 is 0 Å². The van der Waals surface area contributed by atoms with Crippen LogP contribution < -0.4 is 5.56 Å². The van der Waals surface area contributed by atoms with Crippen LogP contribution in [0.4, 0.5) is 0 Å². The van der Waals surface area contributed by atoms with Gasteiger partial charge in [0.25, 0.3) is 5.56 Å². The standard InChI is InChI=1S/C14H13N3O3/c18-12(19)6-3-9-17-10-4-1-7-15-13(10)16-8-2-5-11(16)14(17)20/h1-2,4-5,7-8H,3,6,9H2,(H,18,19). The Hall–Kier alpha value is -2.63. The van der Waals surface area contributed by atoms with E-state index < -0.39 is 5.97 Å². The Kier molecular flexibility index (Phi) is 2.98. The molecule has 20 heavy (non-hydrogen) atoms. The van der Waals surface area contributed by atoms with Crippen molar-refractivity contribution in [2.45, 2.75) is 19.4 Å². The van der Waals surface area contributed by atoms with Gasteiger partial charge in [-0.2, -0.15) is 0 Å². The fourth-order valence-corrected chi connectivity index (χ4v) is 2.38. The molecule has 3 heterocycles. The highest BCUT2D eigenvalue weighted by atomic mass is 16.4. The molecule has 1 N–H and O–H groups in total. The van der Waals surface area contributed by atoms with Crippen molar-refractivity contribution in [1.29, 1.82) is 0 Å². The summed E-state index contributed by atoms with van der Waals surface area (Å²) in [7, 11) is 0. The summed E-state index contributed by atoms with van der Waals surface area (Å²) < 4.78 is 3.35. The third kappa shape index (κ3) is 1.95. The summed E-state index contributed by atoms with van der Waals surface area (Å²) in [6.07, 6.45) is 3.93. The summed E-state index contributed by atoms with van der Waals surface area (Å²) in [5, 5.41) is 8.71. The Labute approximate surface area is 113 Å². The average Bonchev–Trinajstić information content (AvgIpc) is 2.92. The number of carboxylic acids is 1. The Balaban J connectivity index is 2.19. The second-order valence-electron chi connectivity index (χ2n) is 4.56. The monoisotopic (exact) mass is 271 g/mol. The van der Waals surface area contributed by atoms with E-state index in [4.69, 9.17) is 5.11 Å². The maximum absolute atomic E-state index is 12.4. The number of nitrogens with zero attached hydrogens (tertiary/aromatic N) is 3. The number of hydrogen-bond donors (Lipinski definition) is 1. The van der Waals surface area contributed by atoms with Crippen LogP contribution >= 0.6 is 0 Å². The maximum atomic E-state index is 12.4. The van der Waals surface area contributed by atoms with Gasteiger partial charge in [0.05, 0.1) is 5.52 Å². The minimum atomic E-state index is -0.857. The van der Waals surface area contributed by atoms with Crippen molar-refractivity contribution >= 4 is 22.6 Å². The van der Waals surface area contributed by atoms with Gasteiger partial charge in [-0.1, -0.05) is 0 Å². The molecule has 3 aromatic heterocycles. The summed E-state index contributed by atoms with van der Waals surface area (Å²) in [5.41, 5.74) is 1.83. The van der Waals surface area contributed by atoms with Gasteiger partial charge in [-0.25, -0.2) is 4.98 Å². The number of carbonyl (C=O) groups is 1. The Bertz CT molecular complexity index is 848. The molecule has 0 aromatic carbocycles. The van der Waals surface area contributed by atoms with Gasteiger partial charge in [0, 0.05) is 25.4 Å². The van der Waals surface area contributed by atoms with Crippen LogP contribution in [-0.4, -0.2) is 25.0 Å². The third-order valence-corrected chi connectivity index (χ3v) is 3.27. The summed E-state index contributed by atoms with van der Waals surface area (Å²) in [6, 6.07) is 7.13. The van der Waals surface area contributed by atoms with E-state index in [0.717, 1.165) is 0 Å². The zero-order chi connectivity index (χ0) is 14.1. The fourth-order valence-electron chi connectivity index (χ4n) is 2.38. The SMILES string of the molecule is O=C(O)CCCn1c(=O)c2cccn2c2ncccc21. The molecule has 0 saturated heterocycles. The summed E-state index contributed by atoms with van der Waals surface area (Å²) in [5.74, 6) is -0.857. The van der Waals surface area contributed by atoms with Gasteiger partial charge in [0.15, 0.2) is 5.65 Å². The molecule has 0 saturated carbocycles. The lowest BCUT2D eigenvalue weighted by Crippen LogP contribution is -2.23. The Morgan fingerprint density at radius 2 is 2.05 bits per heavy atom. The first-order valence-corrected chi connectivity index (χ1v) is 6.35. The van der Waals surface area contributed by atoms with Gasteiger partial charge in [-0.15, -0.1) is 0 Å². The molecule has 102 valence electrons. The second kappa shape index (κ2) is 4.80. The lowest BCUT2D eigenvalue weighted by molar-refractivity contribution is -0.137. The maximum Gasteiger partial charge on any atom is 0.303 e. The van der Waals surface area contributed by atoms with Crippen molar-refractivity contribution in [3.05, 3.63) is 47.0 Å². The van der Waals surface area contributed by atoms with Crippen LogP contribution in [0.2, 0.25) is 0 Å². The fraction of sp³-hybridized carbons (Fsp3) is 0.214. The molecule has 0 amide bonds. The molecule has 0 fully saturated rings. The lowest BCUT2D eigenvalue weighted by atomic mass is 10.3. The van der Waals surface area contributed by atoms with Crippen LogP contribution in [0.3, 0.4) is 0 Å². The third-order valence-electron chi connectivity index (χ3n) is 3.27. The minimum Gasteiger partial charge on any atom is -0.481 e. The smallest absolute Gasteiger partial charge is 0.303 e. The van der Waals surface area contributed by atoms with E-state index in [2.05, 4.69) is 4.98 Å². The number of hydrogen-bond acceptors (Lipinski definition) is 3. The molecule has 0 aliphatic carbocycles. The first kappa shape index (κ1) is 12.4. The number of fused-ring (bicyclic) bond motifs is 3. The predicted molar refractivity (Wildman–Crippen MR) is 73.8 cm³/mol. The lowest BCUT2D eigenvalue weighted by Gasteiger charge is -2.11. The molecule has 0 aliphatic heterocycles. The molecular weight excluding hydrogens is 258 g/mol. The van der Waals surface area contributed by atoms with Crippen molar-refractivity contribution in [3.63, 3.8) is 0 Å². The van der Waals surface area contributed by atoms with E-state index in [1.807, 2.05) is 6.07 Å². The van der Waals surface area contributed by atoms with Gasteiger partial charge >= 0.3 is 5.97 Å². The molecule has 3 rings (SSSR count). The largest absolute Gasteiger partial charge is 0.481 e. The average molecular weight is 271 g/mol. The van der Waals surface area contributed by atoms with E-state index in [9.17, 15) is 9.59 Å². The highest BCUT2D eigenvalue weighted by molar-refractivity contribution is 5.75. The molecule has 0 radical (unpaired) electrons. The highest BCUT2D eigenvalue weighted by Gasteiger charge is 2.11. The van der Waals surface area contributed by atoms with E-state index in [1.165, 1.54) is 0 Å². The minimum absolute atomic E-state index is 0.0421. The molecule has 0 unspecified atom stereocenters. The van der Waals surface area contributed by atoms with Gasteiger partial charge in [-0.3, -0.25) is 14.0 Å². The van der Waals surface area contributed by atoms with Crippen LogP contribution in [0, 0.1) is 0 Å². The van der Waals surface area contributed by atoms with Crippen molar-refractivity contribution in [1.82, 2.24) is 14.0 Å². The predicted octanol–water partition coefficient (Wildman–Crippen LogP) is 1.51. The first-order valence-electron chi connectivity index (χ1n) is 6.35. The summed E-state index contributed by atoms with van der Waals surface area (Å²) in [6.45, 7) is 0.370. The zero-order valence-corrected chi connectivity index (χ0v) is 10.7. The molecule has 6 nitrogen and oxygen atoms in total. The Morgan fingerprint density at radius 3 is 2.85 bits per heavy atom. The number of pyridine rings is 1. The number of rotatable bonds is 4. The zero-order valence-electron chi connectivity index (χ0n) is 10.7. The molecule has 0 spiro atoms. The van der Waals surface area contributed by atoms with E-state index in [0.29, 0.717) is 29.6 Å². The normalized spacial score (nSPS) is 11.2. The van der Waals surface area contributed by atoms with Crippen molar-refractivity contribution in [2.75, 3.05) is 0 Å². The topological polar surface area (TPSA) is 76.6 Å². The van der Waals surface area contributed by atoms with Crippen LogP contribution in [0.1, 0.15) is 12.8 Å². The molecule has 3 aromatic rings. The van der Waals surface area contributed by atoms with E-state index in [-0.39, 0.29) is 12.0 Å². The van der Waals surface area contributed by atoms with Crippen molar-refractivity contribution < 1.29 is 9.90 Å².